The van der Waals surface area contributed by atoms with Gasteiger partial charge in [0.2, 0.25) is 10.0 Å². The highest BCUT2D eigenvalue weighted by Gasteiger charge is 2.32. The molecule has 142 valence electrons. The number of sulfonamides is 1. The Balaban J connectivity index is 1.76. The molecule has 9 heteroatoms. The lowest BCUT2D eigenvalue weighted by molar-refractivity contribution is -0.141. The number of carboxylic acid groups (broad SMARTS) is 1. The molecule has 1 aromatic rings. The average Bonchev–Trinajstić information content (AvgIpc) is 3.27. The molecule has 2 atom stereocenters. The van der Waals surface area contributed by atoms with E-state index in [2.05, 4.69) is 10.0 Å². The van der Waals surface area contributed by atoms with E-state index in [1.165, 1.54) is 25.3 Å². The minimum Gasteiger partial charge on any atom is -0.495 e. The molecule has 2 saturated carbocycles. The Kier molecular flexibility index (Phi) is 5.19. The highest BCUT2D eigenvalue weighted by molar-refractivity contribution is 7.89. The number of carboxylic acids is 1. The van der Waals surface area contributed by atoms with Gasteiger partial charge in [-0.25, -0.2) is 13.1 Å². The second-order valence-corrected chi connectivity index (χ2v) is 8.46. The molecular weight excluding hydrogens is 360 g/mol. The number of carbonyl (C=O) groups excluding carboxylic acids is 1. The maximum atomic E-state index is 12.5. The Morgan fingerprint density at radius 3 is 2.42 bits per heavy atom. The third-order valence-electron chi connectivity index (χ3n) is 4.73. The van der Waals surface area contributed by atoms with Crippen LogP contribution in [0.25, 0.3) is 0 Å². The van der Waals surface area contributed by atoms with E-state index in [9.17, 15) is 18.0 Å². The summed E-state index contributed by atoms with van der Waals surface area (Å²) in [7, 11) is -2.40. The van der Waals surface area contributed by atoms with Gasteiger partial charge in [-0.2, -0.15) is 0 Å². The predicted octanol–water partition coefficient (Wildman–Crippen LogP) is 1.12. The first-order valence-corrected chi connectivity index (χ1v) is 10.0. The van der Waals surface area contributed by atoms with Crippen molar-refractivity contribution in [3.63, 3.8) is 0 Å². The fourth-order valence-corrected chi connectivity index (χ4v) is 4.62. The molecule has 2 aliphatic rings. The van der Waals surface area contributed by atoms with Crippen LogP contribution in [0.5, 0.6) is 5.75 Å². The van der Waals surface area contributed by atoms with Crippen LogP contribution < -0.4 is 14.8 Å². The Bertz CT molecular complexity index is 819. The lowest BCUT2D eigenvalue weighted by Gasteiger charge is -2.15. The largest absolute Gasteiger partial charge is 0.495 e. The first-order valence-electron chi connectivity index (χ1n) is 8.54. The summed E-state index contributed by atoms with van der Waals surface area (Å²) in [5, 5.41) is 11.8. The van der Waals surface area contributed by atoms with Gasteiger partial charge >= 0.3 is 5.97 Å². The number of amides is 1. The van der Waals surface area contributed by atoms with Gasteiger partial charge in [0.1, 0.15) is 10.6 Å². The predicted molar refractivity (Wildman–Crippen MR) is 92.6 cm³/mol. The van der Waals surface area contributed by atoms with Crippen molar-refractivity contribution in [3.8, 4) is 5.75 Å². The fraction of sp³-hybridized carbons (Fsp3) is 0.529. The second-order valence-electron chi connectivity index (χ2n) is 6.78. The van der Waals surface area contributed by atoms with Crippen LogP contribution in [0, 0.1) is 5.92 Å². The summed E-state index contributed by atoms with van der Waals surface area (Å²) in [5.74, 6) is -1.56. The average molecular weight is 382 g/mol. The number of rotatable bonds is 7. The van der Waals surface area contributed by atoms with Crippen LogP contribution in [0.15, 0.2) is 23.1 Å². The molecule has 0 bridgehead atoms. The maximum Gasteiger partial charge on any atom is 0.306 e. The minimum absolute atomic E-state index is 0.0615. The topological polar surface area (TPSA) is 122 Å². The first-order chi connectivity index (χ1) is 12.3. The van der Waals surface area contributed by atoms with Crippen molar-refractivity contribution in [2.45, 2.75) is 49.1 Å². The van der Waals surface area contributed by atoms with Crippen molar-refractivity contribution in [2.24, 2.45) is 5.92 Å². The summed E-state index contributed by atoms with van der Waals surface area (Å²) < 4.78 is 32.7. The van der Waals surface area contributed by atoms with Crippen molar-refractivity contribution in [3.05, 3.63) is 23.8 Å². The summed E-state index contributed by atoms with van der Waals surface area (Å²) in [5.41, 5.74) is 0.195. The monoisotopic (exact) mass is 382 g/mol. The molecule has 26 heavy (non-hydrogen) atoms. The second kappa shape index (κ2) is 7.24. The zero-order valence-electron chi connectivity index (χ0n) is 14.4. The smallest absolute Gasteiger partial charge is 0.306 e. The first kappa shape index (κ1) is 18.7. The number of hydrogen-bond acceptors (Lipinski definition) is 5. The van der Waals surface area contributed by atoms with Crippen LogP contribution in [0.3, 0.4) is 0 Å². The molecule has 0 heterocycles. The van der Waals surface area contributed by atoms with Gasteiger partial charge in [0.25, 0.3) is 5.91 Å². The molecule has 3 N–H and O–H groups in total. The number of hydrogen-bond donors (Lipinski definition) is 3. The van der Waals surface area contributed by atoms with Crippen molar-refractivity contribution >= 4 is 21.9 Å². The van der Waals surface area contributed by atoms with Gasteiger partial charge in [-0.1, -0.05) is 0 Å². The van der Waals surface area contributed by atoms with Crippen molar-refractivity contribution in [2.75, 3.05) is 7.11 Å². The zero-order chi connectivity index (χ0) is 18.9. The number of nitrogens with one attached hydrogen (secondary N) is 2. The molecule has 0 radical (unpaired) electrons. The van der Waals surface area contributed by atoms with Gasteiger partial charge in [-0.05, 0) is 50.3 Å². The maximum absolute atomic E-state index is 12.5. The highest BCUT2D eigenvalue weighted by Crippen LogP contribution is 2.29. The van der Waals surface area contributed by atoms with Crippen molar-refractivity contribution < 1.29 is 27.9 Å². The van der Waals surface area contributed by atoms with E-state index in [1.807, 2.05) is 0 Å². The van der Waals surface area contributed by atoms with Gasteiger partial charge < -0.3 is 15.2 Å². The number of aliphatic carboxylic acids is 1. The number of carbonyl (C=O) groups is 2. The molecule has 2 fully saturated rings. The lowest BCUT2D eigenvalue weighted by Crippen LogP contribution is -2.33. The third-order valence-corrected chi connectivity index (χ3v) is 6.27. The molecule has 0 saturated heterocycles. The summed E-state index contributed by atoms with van der Waals surface area (Å²) in [4.78, 5) is 23.4. The Labute approximate surface area is 152 Å². The normalized spacial score (nSPS) is 22.8. The molecule has 1 aromatic carbocycles. The molecule has 8 nitrogen and oxygen atoms in total. The summed E-state index contributed by atoms with van der Waals surface area (Å²) >= 11 is 0. The molecular formula is C17H22N2O6S. The van der Waals surface area contributed by atoms with E-state index in [4.69, 9.17) is 9.84 Å². The molecule has 0 aromatic heterocycles. The zero-order valence-corrected chi connectivity index (χ0v) is 15.2. The quantitative estimate of drug-likeness (QED) is 0.650. The Hall–Kier alpha value is -2.13. The molecule has 1 amide bonds. The number of benzene rings is 1. The SMILES string of the molecule is COc1ccc(C(=O)N[C@@H]2CC[C@H](C(=O)O)C2)cc1S(=O)(=O)NC1CC1. The number of ether oxygens (including phenoxy) is 1. The van der Waals surface area contributed by atoms with E-state index in [0.717, 1.165) is 12.8 Å². The molecule has 0 unspecified atom stereocenters. The summed E-state index contributed by atoms with van der Waals surface area (Å²) in [6.07, 6.45) is 3.09. The van der Waals surface area contributed by atoms with Crippen LogP contribution in [-0.4, -0.2) is 44.6 Å². The van der Waals surface area contributed by atoms with Gasteiger partial charge in [0.05, 0.1) is 13.0 Å². The van der Waals surface area contributed by atoms with Crippen LogP contribution in [0.4, 0.5) is 0 Å². The van der Waals surface area contributed by atoms with Gasteiger partial charge in [-0.15, -0.1) is 0 Å². The molecule has 0 spiro atoms. The van der Waals surface area contributed by atoms with E-state index in [-0.39, 0.29) is 28.3 Å². The van der Waals surface area contributed by atoms with Crippen LogP contribution in [0.2, 0.25) is 0 Å². The van der Waals surface area contributed by atoms with Crippen LogP contribution >= 0.6 is 0 Å². The van der Waals surface area contributed by atoms with Gasteiger partial charge in [-0.3, -0.25) is 9.59 Å². The van der Waals surface area contributed by atoms with Gasteiger partial charge in [0, 0.05) is 17.6 Å². The van der Waals surface area contributed by atoms with E-state index in [1.54, 1.807) is 0 Å². The minimum atomic E-state index is -3.78. The van der Waals surface area contributed by atoms with Crippen molar-refractivity contribution in [1.29, 1.82) is 0 Å². The molecule has 2 aliphatic carbocycles. The summed E-state index contributed by atoms with van der Waals surface area (Å²) in [6.45, 7) is 0. The standard InChI is InChI=1S/C17H22N2O6S/c1-25-14-7-3-10(9-15(14)26(23,24)19-12-5-6-12)16(20)18-13-4-2-11(8-13)17(21)22/h3,7,9,11-13,19H,2,4-6,8H2,1H3,(H,18,20)(H,21,22)/t11-,13+/m0/s1. The lowest BCUT2D eigenvalue weighted by atomic mass is 10.1. The number of methoxy groups -OCH3 is 1. The van der Waals surface area contributed by atoms with Crippen LogP contribution in [0.1, 0.15) is 42.5 Å². The van der Waals surface area contributed by atoms with E-state index >= 15 is 0 Å². The Morgan fingerprint density at radius 2 is 1.85 bits per heavy atom. The molecule has 3 rings (SSSR count). The summed E-state index contributed by atoms with van der Waals surface area (Å²) in [6, 6.07) is 3.95. The van der Waals surface area contributed by atoms with Crippen LogP contribution in [-0.2, 0) is 14.8 Å². The Morgan fingerprint density at radius 1 is 1.15 bits per heavy atom. The van der Waals surface area contributed by atoms with E-state index in [0.29, 0.717) is 19.3 Å². The van der Waals surface area contributed by atoms with Crippen molar-refractivity contribution in [1.82, 2.24) is 10.0 Å². The highest BCUT2D eigenvalue weighted by atomic mass is 32.2. The molecule has 0 aliphatic heterocycles. The third kappa shape index (κ3) is 4.16. The van der Waals surface area contributed by atoms with E-state index < -0.39 is 27.8 Å². The van der Waals surface area contributed by atoms with Gasteiger partial charge in [0.15, 0.2) is 0 Å². The fourth-order valence-electron chi connectivity index (χ4n) is 3.12.